The molecule has 2 rings (SSSR count). The minimum absolute atomic E-state index is 0.0350. The Morgan fingerprint density at radius 3 is 2.61 bits per heavy atom. The van der Waals surface area contributed by atoms with Gasteiger partial charge in [0, 0.05) is 19.5 Å². The van der Waals surface area contributed by atoms with Crippen molar-refractivity contribution >= 4 is 5.91 Å². The number of hydrogen-bond donors (Lipinski definition) is 0. The first-order valence-electron chi connectivity index (χ1n) is 7.77. The molecule has 0 aliphatic heterocycles. The molecule has 1 unspecified atom stereocenters. The summed E-state index contributed by atoms with van der Waals surface area (Å²) in [6.07, 6.45) is 1.00. The molecule has 2 aromatic rings. The highest BCUT2D eigenvalue weighted by Crippen LogP contribution is 2.19. The monoisotopic (exact) mass is 315 g/mol. The highest BCUT2D eigenvalue weighted by Gasteiger charge is 2.16. The summed E-state index contributed by atoms with van der Waals surface area (Å²) >= 11 is 0. The molecule has 3 nitrogen and oxygen atoms in total. The van der Waals surface area contributed by atoms with Gasteiger partial charge in [-0.15, -0.1) is 0 Å². The van der Waals surface area contributed by atoms with E-state index in [-0.39, 0.29) is 17.8 Å². The number of benzene rings is 2. The number of carbonyl (C=O) groups is 1. The van der Waals surface area contributed by atoms with Crippen molar-refractivity contribution in [2.75, 3.05) is 13.7 Å². The second kappa shape index (κ2) is 8.32. The Morgan fingerprint density at radius 1 is 1.17 bits per heavy atom. The number of amides is 1. The number of carbonyl (C=O) groups excluding carboxylic acids is 1. The van der Waals surface area contributed by atoms with E-state index in [2.05, 4.69) is 0 Å². The maximum absolute atomic E-state index is 13.0. The fraction of sp³-hybridized carbons (Fsp3) is 0.316. The van der Waals surface area contributed by atoms with Crippen molar-refractivity contribution in [3.63, 3.8) is 0 Å². The van der Waals surface area contributed by atoms with Gasteiger partial charge in [0.25, 0.3) is 0 Å². The van der Waals surface area contributed by atoms with Crippen LogP contribution in [0.5, 0.6) is 5.75 Å². The maximum atomic E-state index is 13.0. The molecule has 1 atom stereocenters. The van der Waals surface area contributed by atoms with Gasteiger partial charge < -0.3 is 9.64 Å². The van der Waals surface area contributed by atoms with Gasteiger partial charge >= 0.3 is 0 Å². The molecule has 0 aliphatic rings. The average molecular weight is 315 g/mol. The van der Waals surface area contributed by atoms with Crippen LogP contribution in [0.25, 0.3) is 0 Å². The summed E-state index contributed by atoms with van der Waals surface area (Å²) in [6.45, 7) is 2.40. The standard InChI is InChI=1S/C19H22FNO2/c1-15(16-8-4-3-5-9-16)21(2)19(22)12-7-13-23-18-11-6-10-17(20)14-18/h3-6,8-11,14-15H,7,12-13H2,1-2H3. The molecule has 0 heterocycles. The van der Waals surface area contributed by atoms with Crippen LogP contribution in [0, 0.1) is 5.82 Å². The molecule has 0 spiro atoms. The molecule has 0 aromatic heterocycles. The van der Waals surface area contributed by atoms with Crippen LogP contribution < -0.4 is 4.74 Å². The zero-order chi connectivity index (χ0) is 16.7. The van der Waals surface area contributed by atoms with E-state index in [4.69, 9.17) is 4.74 Å². The van der Waals surface area contributed by atoms with Crippen LogP contribution >= 0.6 is 0 Å². The molecule has 0 bridgehead atoms. The molecule has 0 N–H and O–H groups in total. The molecule has 2 aromatic carbocycles. The first-order valence-corrected chi connectivity index (χ1v) is 7.77. The Bertz CT molecular complexity index is 630. The zero-order valence-corrected chi connectivity index (χ0v) is 13.5. The summed E-state index contributed by atoms with van der Waals surface area (Å²) in [7, 11) is 1.81. The van der Waals surface area contributed by atoms with E-state index in [1.54, 1.807) is 17.0 Å². The molecule has 23 heavy (non-hydrogen) atoms. The van der Waals surface area contributed by atoms with Crippen molar-refractivity contribution in [3.05, 3.63) is 66.0 Å². The lowest BCUT2D eigenvalue weighted by molar-refractivity contribution is -0.132. The molecule has 1 amide bonds. The Hall–Kier alpha value is -2.36. The van der Waals surface area contributed by atoms with Crippen molar-refractivity contribution < 1.29 is 13.9 Å². The third kappa shape index (κ3) is 5.09. The fourth-order valence-electron chi connectivity index (χ4n) is 2.32. The second-order valence-electron chi connectivity index (χ2n) is 5.50. The van der Waals surface area contributed by atoms with Crippen LogP contribution in [0.1, 0.15) is 31.4 Å². The third-order valence-electron chi connectivity index (χ3n) is 3.86. The van der Waals surface area contributed by atoms with Gasteiger partial charge in [-0.2, -0.15) is 0 Å². The fourth-order valence-corrected chi connectivity index (χ4v) is 2.32. The van der Waals surface area contributed by atoms with Crippen LogP contribution in [-0.4, -0.2) is 24.5 Å². The smallest absolute Gasteiger partial charge is 0.222 e. The van der Waals surface area contributed by atoms with E-state index < -0.39 is 0 Å². The highest BCUT2D eigenvalue weighted by atomic mass is 19.1. The number of halogens is 1. The molecule has 0 aliphatic carbocycles. The van der Waals surface area contributed by atoms with Crippen LogP contribution in [0.3, 0.4) is 0 Å². The van der Waals surface area contributed by atoms with Crippen LogP contribution in [0.4, 0.5) is 4.39 Å². The van der Waals surface area contributed by atoms with E-state index in [0.29, 0.717) is 25.2 Å². The van der Waals surface area contributed by atoms with Gasteiger partial charge in [-0.05, 0) is 31.0 Å². The van der Waals surface area contributed by atoms with Gasteiger partial charge in [0.15, 0.2) is 0 Å². The molecule has 0 radical (unpaired) electrons. The minimum Gasteiger partial charge on any atom is -0.493 e. The molecule has 0 saturated carbocycles. The molecule has 122 valence electrons. The summed E-state index contributed by atoms with van der Waals surface area (Å²) in [5.41, 5.74) is 1.11. The van der Waals surface area contributed by atoms with E-state index in [9.17, 15) is 9.18 Å². The Labute approximate surface area is 136 Å². The Balaban J connectivity index is 1.76. The lowest BCUT2D eigenvalue weighted by Crippen LogP contribution is -2.29. The normalized spacial score (nSPS) is 11.8. The summed E-state index contributed by atoms with van der Waals surface area (Å²) < 4.78 is 18.5. The van der Waals surface area contributed by atoms with Gasteiger partial charge in [-0.25, -0.2) is 4.39 Å². The maximum Gasteiger partial charge on any atom is 0.222 e. The van der Waals surface area contributed by atoms with E-state index >= 15 is 0 Å². The minimum atomic E-state index is -0.324. The van der Waals surface area contributed by atoms with Gasteiger partial charge in [-0.3, -0.25) is 4.79 Å². The number of rotatable bonds is 7. The highest BCUT2D eigenvalue weighted by molar-refractivity contribution is 5.76. The van der Waals surface area contributed by atoms with Crippen molar-refractivity contribution in [2.24, 2.45) is 0 Å². The number of nitrogens with zero attached hydrogens (tertiary/aromatic N) is 1. The topological polar surface area (TPSA) is 29.5 Å². The SMILES string of the molecule is CC(c1ccccc1)N(C)C(=O)CCCOc1cccc(F)c1. The van der Waals surface area contributed by atoms with Crippen molar-refractivity contribution in [1.82, 2.24) is 4.90 Å². The van der Waals surface area contributed by atoms with Crippen molar-refractivity contribution in [1.29, 1.82) is 0 Å². The Morgan fingerprint density at radius 2 is 1.91 bits per heavy atom. The summed E-state index contributed by atoms with van der Waals surface area (Å²) in [6, 6.07) is 16.0. The lowest BCUT2D eigenvalue weighted by Gasteiger charge is -2.25. The van der Waals surface area contributed by atoms with Gasteiger partial charge in [-0.1, -0.05) is 36.4 Å². The molecule has 0 fully saturated rings. The first kappa shape index (κ1) is 17.0. The summed E-state index contributed by atoms with van der Waals surface area (Å²) in [5, 5.41) is 0. The van der Waals surface area contributed by atoms with Gasteiger partial charge in [0.1, 0.15) is 11.6 Å². The predicted molar refractivity (Wildman–Crippen MR) is 88.8 cm³/mol. The first-order chi connectivity index (χ1) is 11.1. The van der Waals surface area contributed by atoms with Crippen molar-refractivity contribution in [2.45, 2.75) is 25.8 Å². The zero-order valence-electron chi connectivity index (χ0n) is 13.5. The quantitative estimate of drug-likeness (QED) is 0.717. The second-order valence-corrected chi connectivity index (χ2v) is 5.50. The molecule has 4 heteroatoms. The molecular weight excluding hydrogens is 293 g/mol. The molecular formula is C19H22FNO2. The van der Waals surface area contributed by atoms with Crippen LogP contribution in [-0.2, 0) is 4.79 Å². The number of ether oxygens (including phenoxy) is 1. The lowest BCUT2D eigenvalue weighted by atomic mass is 10.1. The van der Waals surface area contributed by atoms with E-state index in [1.165, 1.54) is 12.1 Å². The Kier molecular flexibility index (Phi) is 6.15. The van der Waals surface area contributed by atoms with Crippen LogP contribution in [0.15, 0.2) is 54.6 Å². The number of hydrogen-bond acceptors (Lipinski definition) is 2. The average Bonchev–Trinajstić information content (AvgIpc) is 2.58. The van der Waals surface area contributed by atoms with E-state index in [0.717, 1.165) is 5.56 Å². The van der Waals surface area contributed by atoms with E-state index in [1.807, 2.05) is 44.3 Å². The molecule has 0 saturated heterocycles. The summed E-state index contributed by atoms with van der Waals surface area (Å²) in [4.78, 5) is 14.0. The van der Waals surface area contributed by atoms with Gasteiger partial charge in [0.2, 0.25) is 5.91 Å². The van der Waals surface area contributed by atoms with Gasteiger partial charge in [0.05, 0.1) is 12.6 Å². The largest absolute Gasteiger partial charge is 0.493 e. The van der Waals surface area contributed by atoms with Crippen molar-refractivity contribution in [3.8, 4) is 5.75 Å². The summed E-state index contributed by atoms with van der Waals surface area (Å²) in [5.74, 6) is 0.239. The predicted octanol–water partition coefficient (Wildman–Crippen LogP) is 4.20. The van der Waals surface area contributed by atoms with Crippen LogP contribution in [0.2, 0.25) is 0 Å². The third-order valence-corrected chi connectivity index (χ3v) is 3.86.